The first-order valence-electron chi connectivity index (χ1n) is 9.71. The Kier molecular flexibility index (Phi) is 5.45. The van der Waals surface area contributed by atoms with Crippen LogP contribution < -0.4 is 4.90 Å². The number of aromatic hydroxyl groups is 1. The molecule has 1 aliphatic rings. The summed E-state index contributed by atoms with van der Waals surface area (Å²) < 4.78 is 0. The van der Waals surface area contributed by atoms with E-state index in [0.717, 1.165) is 34.9 Å². The van der Waals surface area contributed by atoms with Crippen LogP contribution in [0.1, 0.15) is 15.9 Å². The number of hydrogen-bond acceptors (Lipinski definition) is 3. The van der Waals surface area contributed by atoms with Crippen LogP contribution in [0.25, 0.3) is 11.1 Å². The van der Waals surface area contributed by atoms with Crippen LogP contribution in [0.2, 0.25) is 5.02 Å². The lowest BCUT2D eigenvalue weighted by Gasteiger charge is -2.37. The minimum Gasteiger partial charge on any atom is -0.508 e. The van der Waals surface area contributed by atoms with Gasteiger partial charge in [-0.1, -0.05) is 41.9 Å². The number of aryl methyl sites for hydroxylation is 1. The van der Waals surface area contributed by atoms with E-state index in [1.807, 2.05) is 59.5 Å². The van der Waals surface area contributed by atoms with E-state index in [9.17, 15) is 9.90 Å². The molecule has 0 saturated carbocycles. The summed E-state index contributed by atoms with van der Waals surface area (Å²) in [5, 5.41) is 10.2. The number of hydrogen-bond donors (Lipinski definition) is 1. The molecular formula is C24H23ClN2O2. The van der Waals surface area contributed by atoms with Crippen molar-refractivity contribution in [1.82, 2.24) is 4.90 Å². The number of piperazine rings is 1. The Bertz CT molecular complexity index is 1030. The molecule has 0 bridgehead atoms. The molecule has 3 aromatic carbocycles. The lowest BCUT2D eigenvalue weighted by atomic mass is 10.0. The van der Waals surface area contributed by atoms with Gasteiger partial charge >= 0.3 is 0 Å². The Morgan fingerprint density at radius 2 is 1.62 bits per heavy atom. The standard InChI is InChI=1S/C24H23ClN2O2/c1-17-5-8-21(25)16-23(17)26-11-13-27(14-12-26)24(29)20-4-2-3-19(15-20)18-6-9-22(28)10-7-18/h2-10,15-16,28H,11-14H2,1H3. The molecule has 0 atom stereocenters. The molecule has 4 nitrogen and oxygen atoms in total. The summed E-state index contributed by atoms with van der Waals surface area (Å²) >= 11 is 6.16. The molecule has 1 fully saturated rings. The van der Waals surface area contributed by atoms with Gasteiger partial charge in [0.2, 0.25) is 0 Å². The Labute approximate surface area is 176 Å². The van der Waals surface area contributed by atoms with Crippen LogP contribution in [-0.4, -0.2) is 42.1 Å². The average molecular weight is 407 g/mol. The van der Waals surface area contributed by atoms with Crippen LogP contribution in [0.15, 0.2) is 66.7 Å². The molecule has 1 aliphatic heterocycles. The Morgan fingerprint density at radius 3 is 2.34 bits per heavy atom. The van der Waals surface area contributed by atoms with Crippen LogP contribution in [0.4, 0.5) is 5.69 Å². The van der Waals surface area contributed by atoms with E-state index >= 15 is 0 Å². The van der Waals surface area contributed by atoms with Gasteiger partial charge < -0.3 is 14.9 Å². The number of phenols is 1. The number of amides is 1. The van der Waals surface area contributed by atoms with Gasteiger partial charge in [-0.25, -0.2) is 0 Å². The van der Waals surface area contributed by atoms with Crippen LogP contribution in [0, 0.1) is 6.92 Å². The lowest BCUT2D eigenvalue weighted by Crippen LogP contribution is -2.49. The summed E-state index contributed by atoms with van der Waals surface area (Å²) in [5.41, 5.74) is 4.94. The zero-order valence-corrected chi connectivity index (χ0v) is 17.1. The molecule has 0 spiro atoms. The minimum absolute atomic E-state index is 0.0492. The fraction of sp³-hybridized carbons (Fsp3) is 0.208. The highest BCUT2D eigenvalue weighted by Gasteiger charge is 2.23. The van der Waals surface area contributed by atoms with Crippen molar-refractivity contribution in [3.8, 4) is 16.9 Å². The van der Waals surface area contributed by atoms with Gasteiger partial charge in [0.25, 0.3) is 5.91 Å². The second kappa shape index (κ2) is 8.18. The van der Waals surface area contributed by atoms with Gasteiger partial charge in [-0.15, -0.1) is 0 Å². The molecule has 5 heteroatoms. The number of benzene rings is 3. The second-order valence-electron chi connectivity index (χ2n) is 7.34. The van der Waals surface area contributed by atoms with Crippen molar-refractivity contribution < 1.29 is 9.90 Å². The molecule has 0 unspecified atom stereocenters. The summed E-state index contributed by atoms with van der Waals surface area (Å²) in [4.78, 5) is 17.2. The van der Waals surface area contributed by atoms with Gasteiger partial charge in [-0.3, -0.25) is 4.79 Å². The number of rotatable bonds is 3. The first kappa shape index (κ1) is 19.3. The molecule has 0 aliphatic carbocycles. The Morgan fingerprint density at radius 1 is 0.897 bits per heavy atom. The van der Waals surface area contributed by atoms with E-state index in [1.54, 1.807) is 12.1 Å². The van der Waals surface area contributed by atoms with E-state index < -0.39 is 0 Å². The molecule has 1 amide bonds. The predicted molar refractivity (Wildman–Crippen MR) is 118 cm³/mol. The molecule has 1 saturated heterocycles. The minimum atomic E-state index is 0.0492. The molecular weight excluding hydrogens is 384 g/mol. The fourth-order valence-corrected chi connectivity index (χ4v) is 3.91. The van der Waals surface area contributed by atoms with E-state index in [0.29, 0.717) is 18.7 Å². The Hall–Kier alpha value is -2.98. The maximum absolute atomic E-state index is 13.0. The van der Waals surface area contributed by atoms with Crippen molar-refractivity contribution in [2.45, 2.75) is 6.92 Å². The zero-order valence-electron chi connectivity index (χ0n) is 16.3. The summed E-state index contributed by atoms with van der Waals surface area (Å²) in [6, 6.07) is 20.6. The number of nitrogens with zero attached hydrogens (tertiary/aromatic N) is 2. The predicted octanol–water partition coefficient (Wildman–Crippen LogP) is 4.98. The smallest absolute Gasteiger partial charge is 0.253 e. The quantitative estimate of drug-likeness (QED) is 0.666. The van der Waals surface area contributed by atoms with Gasteiger partial charge in [0.05, 0.1) is 0 Å². The maximum atomic E-state index is 13.0. The maximum Gasteiger partial charge on any atom is 0.253 e. The summed E-state index contributed by atoms with van der Waals surface area (Å²) in [5.74, 6) is 0.280. The highest BCUT2D eigenvalue weighted by atomic mass is 35.5. The summed E-state index contributed by atoms with van der Waals surface area (Å²) in [6.07, 6.45) is 0. The third kappa shape index (κ3) is 4.22. The van der Waals surface area contributed by atoms with E-state index in [1.165, 1.54) is 5.56 Å². The molecule has 1 heterocycles. The van der Waals surface area contributed by atoms with Gasteiger partial charge in [-0.2, -0.15) is 0 Å². The first-order valence-corrected chi connectivity index (χ1v) is 10.1. The lowest BCUT2D eigenvalue weighted by molar-refractivity contribution is 0.0747. The zero-order chi connectivity index (χ0) is 20.4. The van der Waals surface area contributed by atoms with Crippen LogP contribution >= 0.6 is 11.6 Å². The molecule has 148 valence electrons. The average Bonchev–Trinajstić information content (AvgIpc) is 2.76. The molecule has 29 heavy (non-hydrogen) atoms. The number of phenolic OH excluding ortho intramolecular Hbond substituents is 1. The van der Waals surface area contributed by atoms with Gasteiger partial charge in [0, 0.05) is 42.5 Å². The number of halogens is 1. The topological polar surface area (TPSA) is 43.8 Å². The van der Waals surface area contributed by atoms with E-state index in [-0.39, 0.29) is 11.7 Å². The number of carbonyl (C=O) groups excluding carboxylic acids is 1. The molecule has 3 aromatic rings. The van der Waals surface area contributed by atoms with Crippen molar-refractivity contribution in [3.63, 3.8) is 0 Å². The number of anilines is 1. The van der Waals surface area contributed by atoms with Crippen molar-refractivity contribution in [1.29, 1.82) is 0 Å². The van der Waals surface area contributed by atoms with E-state index in [2.05, 4.69) is 11.8 Å². The summed E-state index contributed by atoms with van der Waals surface area (Å²) in [7, 11) is 0. The molecule has 4 rings (SSSR count). The fourth-order valence-electron chi connectivity index (χ4n) is 3.74. The van der Waals surface area contributed by atoms with Crippen molar-refractivity contribution in [3.05, 3.63) is 82.9 Å². The third-order valence-corrected chi connectivity index (χ3v) is 5.62. The highest BCUT2D eigenvalue weighted by Crippen LogP contribution is 2.26. The molecule has 0 aromatic heterocycles. The van der Waals surface area contributed by atoms with Gasteiger partial charge in [0.15, 0.2) is 0 Å². The highest BCUT2D eigenvalue weighted by molar-refractivity contribution is 6.30. The molecule has 0 radical (unpaired) electrons. The van der Waals surface area contributed by atoms with E-state index in [4.69, 9.17) is 11.6 Å². The summed E-state index contributed by atoms with van der Waals surface area (Å²) in [6.45, 7) is 5.00. The van der Waals surface area contributed by atoms with Crippen molar-refractivity contribution in [2.75, 3.05) is 31.1 Å². The largest absolute Gasteiger partial charge is 0.508 e. The molecule has 1 N–H and O–H groups in total. The Balaban J connectivity index is 1.47. The first-order chi connectivity index (χ1) is 14.0. The van der Waals surface area contributed by atoms with Crippen molar-refractivity contribution >= 4 is 23.2 Å². The van der Waals surface area contributed by atoms with Gasteiger partial charge in [0.1, 0.15) is 5.75 Å². The monoisotopic (exact) mass is 406 g/mol. The SMILES string of the molecule is Cc1ccc(Cl)cc1N1CCN(C(=O)c2cccc(-c3ccc(O)cc3)c2)CC1. The van der Waals surface area contributed by atoms with Crippen LogP contribution in [-0.2, 0) is 0 Å². The van der Waals surface area contributed by atoms with Crippen molar-refractivity contribution in [2.24, 2.45) is 0 Å². The second-order valence-corrected chi connectivity index (χ2v) is 7.77. The van der Waals surface area contributed by atoms with Crippen LogP contribution in [0.5, 0.6) is 5.75 Å². The third-order valence-electron chi connectivity index (χ3n) is 5.39. The van der Waals surface area contributed by atoms with Crippen LogP contribution in [0.3, 0.4) is 0 Å². The normalized spacial score (nSPS) is 14.1. The number of carbonyl (C=O) groups is 1. The van der Waals surface area contributed by atoms with Gasteiger partial charge in [-0.05, 0) is 60.0 Å².